The molecule has 0 aromatic carbocycles. The van der Waals surface area contributed by atoms with Crippen LogP contribution in [0.1, 0.15) is 33.6 Å². The molecule has 1 fully saturated rings. The number of hydrogen-bond acceptors (Lipinski definition) is 4. The summed E-state index contributed by atoms with van der Waals surface area (Å²) in [6.07, 6.45) is 0.416. The maximum Gasteiger partial charge on any atom is 0.408 e. The third kappa shape index (κ3) is 3.87. The van der Waals surface area contributed by atoms with E-state index in [-0.39, 0.29) is 5.91 Å². The summed E-state index contributed by atoms with van der Waals surface area (Å²) in [5.41, 5.74) is -1.49. The van der Waals surface area contributed by atoms with E-state index in [1.165, 1.54) is 0 Å². The lowest BCUT2D eigenvalue weighted by Crippen LogP contribution is -2.55. The highest BCUT2D eigenvalue weighted by molar-refractivity contribution is 5.91. The second-order valence-corrected chi connectivity index (χ2v) is 5.46. The van der Waals surface area contributed by atoms with Crippen molar-refractivity contribution in [2.75, 3.05) is 20.3 Å². The van der Waals surface area contributed by atoms with Gasteiger partial charge in [0.15, 0.2) is 0 Å². The smallest absolute Gasteiger partial charge is 0.408 e. The fourth-order valence-corrected chi connectivity index (χ4v) is 1.87. The van der Waals surface area contributed by atoms with E-state index in [4.69, 9.17) is 9.47 Å². The van der Waals surface area contributed by atoms with Crippen LogP contribution in [-0.4, -0.2) is 43.4 Å². The number of carbonyl (C=O) groups is 2. The second-order valence-electron chi connectivity index (χ2n) is 5.46. The normalized spacial score (nSPS) is 23.7. The van der Waals surface area contributed by atoms with E-state index in [0.717, 1.165) is 0 Å². The van der Waals surface area contributed by atoms with Crippen molar-refractivity contribution < 1.29 is 19.1 Å². The Bertz CT molecular complexity index is 325. The first-order valence-electron chi connectivity index (χ1n) is 6.07. The summed E-state index contributed by atoms with van der Waals surface area (Å²) in [5, 5.41) is 5.40. The number of nitrogens with one attached hydrogen (secondary N) is 2. The van der Waals surface area contributed by atoms with Crippen molar-refractivity contribution >= 4 is 12.0 Å². The molecule has 0 spiro atoms. The average molecular weight is 258 g/mol. The van der Waals surface area contributed by atoms with Gasteiger partial charge in [0.25, 0.3) is 0 Å². The Balaban J connectivity index is 2.68. The zero-order valence-corrected chi connectivity index (χ0v) is 11.5. The molecule has 1 aliphatic heterocycles. The van der Waals surface area contributed by atoms with Gasteiger partial charge in [-0.1, -0.05) is 0 Å². The molecule has 104 valence electrons. The molecule has 0 radical (unpaired) electrons. The van der Waals surface area contributed by atoms with Crippen LogP contribution in [0.25, 0.3) is 0 Å². The summed E-state index contributed by atoms with van der Waals surface area (Å²) in [5.74, 6) is -0.176. The highest BCUT2D eigenvalue weighted by Gasteiger charge is 2.44. The van der Waals surface area contributed by atoms with E-state index in [9.17, 15) is 9.59 Å². The molecule has 0 aromatic heterocycles. The summed E-state index contributed by atoms with van der Waals surface area (Å²) in [6, 6.07) is 0. The van der Waals surface area contributed by atoms with Crippen molar-refractivity contribution in [1.82, 2.24) is 10.6 Å². The lowest BCUT2D eigenvalue weighted by molar-refractivity contribution is -0.125. The van der Waals surface area contributed by atoms with Crippen LogP contribution in [0.15, 0.2) is 0 Å². The summed E-state index contributed by atoms with van der Waals surface area (Å²) in [7, 11) is 1.56. The number of amides is 2. The van der Waals surface area contributed by atoms with Gasteiger partial charge in [-0.15, -0.1) is 0 Å². The highest BCUT2D eigenvalue weighted by atomic mass is 16.6. The minimum absolute atomic E-state index is 0.176. The molecule has 0 bridgehead atoms. The zero-order chi connectivity index (χ0) is 13.8. The number of hydrogen-bond donors (Lipinski definition) is 2. The van der Waals surface area contributed by atoms with Gasteiger partial charge in [-0.3, -0.25) is 4.79 Å². The Morgan fingerprint density at radius 1 is 1.50 bits per heavy atom. The van der Waals surface area contributed by atoms with Crippen LogP contribution >= 0.6 is 0 Å². The second kappa shape index (κ2) is 5.56. The monoisotopic (exact) mass is 258 g/mol. The van der Waals surface area contributed by atoms with Crippen LogP contribution in [0, 0.1) is 0 Å². The van der Waals surface area contributed by atoms with Gasteiger partial charge in [0.1, 0.15) is 11.1 Å². The van der Waals surface area contributed by atoms with E-state index in [1.807, 2.05) is 0 Å². The van der Waals surface area contributed by atoms with E-state index in [0.29, 0.717) is 26.0 Å². The van der Waals surface area contributed by atoms with Crippen molar-refractivity contribution in [2.45, 2.75) is 44.8 Å². The molecule has 1 atom stereocenters. The van der Waals surface area contributed by atoms with Gasteiger partial charge in [0.05, 0.1) is 0 Å². The quantitative estimate of drug-likeness (QED) is 0.782. The number of rotatable bonds is 4. The largest absolute Gasteiger partial charge is 0.444 e. The van der Waals surface area contributed by atoms with Gasteiger partial charge in [0.2, 0.25) is 5.91 Å². The van der Waals surface area contributed by atoms with Crippen molar-refractivity contribution in [3.05, 3.63) is 0 Å². The minimum Gasteiger partial charge on any atom is -0.444 e. The lowest BCUT2D eigenvalue weighted by Gasteiger charge is -2.29. The molecule has 0 aromatic rings. The molecular formula is C12H22N2O4. The maximum absolute atomic E-state index is 11.9. The minimum atomic E-state index is -0.904. The Hall–Kier alpha value is -1.30. The van der Waals surface area contributed by atoms with Gasteiger partial charge >= 0.3 is 6.09 Å². The molecule has 2 N–H and O–H groups in total. The molecular weight excluding hydrogens is 236 g/mol. The van der Waals surface area contributed by atoms with E-state index in [2.05, 4.69) is 10.6 Å². The Morgan fingerprint density at radius 2 is 2.17 bits per heavy atom. The summed E-state index contributed by atoms with van der Waals surface area (Å²) < 4.78 is 10.2. The Labute approximate surface area is 107 Å². The molecule has 0 aliphatic carbocycles. The van der Waals surface area contributed by atoms with E-state index in [1.54, 1.807) is 27.9 Å². The Kier molecular flexibility index (Phi) is 4.56. The first-order chi connectivity index (χ1) is 8.29. The SMILES string of the molecule is COCC[C@@]1(NC(=O)OC(C)(C)C)CCNC1=O. The first kappa shape index (κ1) is 14.8. The van der Waals surface area contributed by atoms with Crippen molar-refractivity contribution in [2.24, 2.45) is 0 Å². The number of carbonyl (C=O) groups excluding carboxylic acids is 2. The van der Waals surface area contributed by atoms with Crippen LogP contribution in [-0.2, 0) is 14.3 Å². The topological polar surface area (TPSA) is 76.7 Å². The lowest BCUT2D eigenvalue weighted by atomic mass is 9.94. The fraction of sp³-hybridized carbons (Fsp3) is 0.833. The van der Waals surface area contributed by atoms with Gasteiger partial charge in [-0.2, -0.15) is 0 Å². The molecule has 1 heterocycles. The number of methoxy groups -OCH3 is 1. The Morgan fingerprint density at radius 3 is 2.61 bits per heavy atom. The molecule has 1 aliphatic rings. The fourth-order valence-electron chi connectivity index (χ4n) is 1.87. The van der Waals surface area contributed by atoms with Crippen LogP contribution in [0.3, 0.4) is 0 Å². The van der Waals surface area contributed by atoms with Crippen LogP contribution in [0.4, 0.5) is 4.79 Å². The van der Waals surface area contributed by atoms with Gasteiger partial charge in [-0.25, -0.2) is 4.79 Å². The molecule has 18 heavy (non-hydrogen) atoms. The van der Waals surface area contributed by atoms with Gasteiger partial charge in [0, 0.05) is 26.7 Å². The van der Waals surface area contributed by atoms with Crippen LogP contribution in [0.5, 0.6) is 0 Å². The van der Waals surface area contributed by atoms with E-state index >= 15 is 0 Å². The molecule has 0 unspecified atom stereocenters. The average Bonchev–Trinajstić information content (AvgIpc) is 2.55. The van der Waals surface area contributed by atoms with Gasteiger partial charge in [-0.05, 0) is 27.2 Å². The summed E-state index contributed by atoms with van der Waals surface area (Å²) in [4.78, 5) is 23.6. The van der Waals surface area contributed by atoms with E-state index < -0.39 is 17.2 Å². The molecule has 1 saturated heterocycles. The molecule has 6 heteroatoms. The predicted octanol–water partition coefficient (Wildman–Crippen LogP) is 0.806. The third-order valence-electron chi connectivity index (χ3n) is 2.75. The third-order valence-corrected chi connectivity index (χ3v) is 2.75. The number of alkyl carbamates (subject to hydrolysis) is 1. The number of ether oxygens (including phenoxy) is 2. The molecule has 0 saturated carbocycles. The summed E-state index contributed by atoms with van der Waals surface area (Å²) >= 11 is 0. The molecule has 1 rings (SSSR count). The molecule has 2 amide bonds. The van der Waals surface area contributed by atoms with Crippen molar-refractivity contribution in [1.29, 1.82) is 0 Å². The van der Waals surface area contributed by atoms with Gasteiger partial charge < -0.3 is 20.1 Å². The van der Waals surface area contributed by atoms with Crippen molar-refractivity contribution in [3.63, 3.8) is 0 Å². The summed E-state index contributed by atoms with van der Waals surface area (Å²) in [6.45, 7) is 6.30. The standard InChI is InChI=1S/C12H22N2O4/c1-11(2,3)18-10(16)14-12(6-8-17-4)5-7-13-9(12)15/h5-8H2,1-4H3,(H,13,15)(H,14,16)/t12-/m0/s1. The highest BCUT2D eigenvalue weighted by Crippen LogP contribution is 2.21. The van der Waals surface area contributed by atoms with Crippen LogP contribution in [0.2, 0.25) is 0 Å². The predicted molar refractivity (Wildman–Crippen MR) is 66.2 cm³/mol. The maximum atomic E-state index is 11.9. The zero-order valence-electron chi connectivity index (χ0n) is 11.5. The van der Waals surface area contributed by atoms with Crippen molar-refractivity contribution in [3.8, 4) is 0 Å². The first-order valence-corrected chi connectivity index (χ1v) is 6.07. The van der Waals surface area contributed by atoms with Crippen LogP contribution < -0.4 is 10.6 Å². The molecule has 6 nitrogen and oxygen atoms in total.